The van der Waals surface area contributed by atoms with E-state index in [-0.39, 0.29) is 11.9 Å². The highest BCUT2D eigenvalue weighted by Gasteiger charge is 2.05. The molecule has 12 heavy (non-hydrogen) atoms. The Morgan fingerprint density at radius 2 is 2.00 bits per heavy atom. The average Bonchev–Trinajstić information content (AvgIpc) is 2.10. The maximum atomic E-state index is 12.5. The zero-order valence-corrected chi connectivity index (χ0v) is 7.05. The van der Waals surface area contributed by atoms with Gasteiger partial charge in [-0.3, -0.25) is 11.3 Å². The van der Waals surface area contributed by atoms with Crippen molar-refractivity contribution in [1.82, 2.24) is 5.43 Å². The first-order valence-electron chi connectivity index (χ1n) is 3.99. The van der Waals surface area contributed by atoms with Gasteiger partial charge in [0.15, 0.2) is 0 Å². The fraction of sp³-hybridized carbons (Fsp3) is 0.333. The Balaban J connectivity index is 2.80. The highest BCUT2D eigenvalue weighted by Crippen LogP contribution is 2.15. The lowest BCUT2D eigenvalue weighted by atomic mass is 10.1. The van der Waals surface area contributed by atoms with E-state index in [2.05, 4.69) is 5.43 Å². The molecule has 0 aliphatic heterocycles. The molecule has 0 spiro atoms. The number of nitrogens with two attached hydrogens (primary N) is 1. The summed E-state index contributed by atoms with van der Waals surface area (Å²) in [5, 5.41) is 0. The van der Waals surface area contributed by atoms with Crippen molar-refractivity contribution in [2.75, 3.05) is 0 Å². The maximum Gasteiger partial charge on any atom is 0.123 e. The van der Waals surface area contributed by atoms with Gasteiger partial charge >= 0.3 is 0 Å². The lowest BCUT2D eigenvalue weighted by Gasteiger charge is -2.13. The summed E-state index contributed by atoms with van der Waals surface area (Å²) in [5.74, 6) is 5.09. The number of hydrazine groups is 1. The van der Waals surface area contributed by atoms with Crippen LogP contribution in [0.4, 0.5) is 4.39 Å². The van der Waals surface area contributed by atoms with Crippen LogP contribution < -0.4 is 11.3 Å². The predicted octanol–water partition coefficient (Wildman–Crippen LogP) is 1.74. The lowest BCUT2D eigenvalue weighted by molar-refractivity contribution is 0.537. The Morgan fingerprint density at radius 1 is 1.42 bits per heavy atom. The van der Waals surface area contributed by atoms with E-state index in [1.165, 1.54) is 12.1 Å². The summed E-state index contributed by atoms with van der Waals surface area (Å²) in [4.78, 5) is 0. The van der Waals surface area contributed by atoms with Gasteiger partial charge in [0.25, 0.3) is 0 Å². The van der Waals surface area contributed by atoms with Gasteiger partial charge in [0.05, 0.1) is 0 Å². The summed E-state index contributed by atoms with van der Waals surface area (Å²) in [7, 11) is 0. The predicted molar refractivity (Wildman–Crippen MR) is 46.8 cm³/mol. The quantitative estimate of drug-likeness (QED) is 0.533. The molecule has 3 N–H and O–H groups in total. The summed E-state index contributed by atoms with van der Waals surface area (Å²) in [5.41, 5.74) is 3.68. The summed E-state index contributed by atoms with van der Waals surface area (Å²) < 4.78 is 12.5. The van der Waals surface area contributed by atoms with Gasteiger partial charge in [-0.05, 0) is 24.1 Å². The Morgan fingerprint density at radius 3 is 2.42 bits per heavy atom. The standard InChI is InChI=1S/C9H13FN2/c1-2-9(12-11)7-3-5-8(10)6-4-7/h3-6,9,12H,2,11H2,1H3/t9-/m1/s1. The Labute approximate surface area is 71.6 Å². The first kappa shape index (κ1) is 9.16. The monoisotopic (exact) mass is 168 g/mol. The molecule has 0 aromatic heterocycles. The molecule has 0 fully saturated rings. The van der Waals surface area contributed by atoms with Crippen molar-refractivity contribution in [3.8, 4) is 0 Å². The normalized spacial score (nSPS) is 12.9. The Bertz CT molecular complexity index is 229. The molecule has 0 saturated heterocycles. The third-order valence-corrected chi connectivity index (χ3v) is 1.88. The van der Waals surface area contributed by atoms with Crippen LogP contribution in [0, 0.1) is 5.82 Å². The number of halogens is 1. The molecule has 1 aromatic rings. The second-order valence-corrected chi connectivity index (χ2v) is 2.68. The van der Waals surface area contributed by atoms with Crippen molar-refractivity contribution in [3.63, 3.8) is 0 Å². The van der Waals surface area contributed by atoms with E-state index in [1.54, 1.807) is 12.1 Å². The Kier molecular flexibility index (Phi) is 3.19. The topological polar surface area (TPSA) is 38.0 Å². The highest BCUT2D eigenvalue weighted by molar-refractivity contribution is 5.19. The molecule has 66 valence electrons. The van der Waals surface area contributed by atoms with Gasteiger partial charge in [-0.15, -0.1) is 0 Å². The molecule has 0 amide bonds. The van der Waals surface area contributed by atoms with Crippen LogP contribution in [0.15, 0.2) is 24.3 Å². The largest absolute Gasteiger partial charge is 0.271 e. The van der Waals surface area contributed by atoms with Crippen LogP contribution in [0.5, 0.6) is 0 Å². The van der Waals surface area contributed by atoms with Crippen LogP contribution in [-0.2, 0) is 0 Å². The van der Waals surface area contributed by atoms with Crippen molar-refractivity contribution in [3.05, 3.63) is 35.6 Å². The smallest absolute Gasteiger partial charge is 0.123 e. The summed E-state index contributed by atoms with van der Waals surface area (Å²) in [6.45, 7) is 2.02. The third kappa shape index (κ3) is 2.03. The van der Waals surface area contributed by atoms with Crippen LogP contribution >= 0.6 is 0 Å². The van der Waals surface area contributed by atoms with Crippen LogP contribution in [0.25, 0.3) is 0 Å². The summed E-state index contributed by atoms with van der Waals surface area (Å²) in [6.07, 6.45) is 0.891. The van der Waals surface area contributed by atoms with E-state index >= 15 is 0 Å². The molecule has 0 saturated carbocycles. The minimum atomic E-state index is -0.217. The third-order valence-electron chi connectivity index (χ3n) is 1.88. The van der Waals surface area contributed by atoms with Gasteiger partial charge in [-0.25, -0.2) is 4.39 Å². The zero-order chi connectivity index (χ0) is 8.97. The molecule has 0 radical (unpaired) electrons. The first-order chi connectivity index (χ1) is 5.77. The first-order valence-corrected chi connectivity index (χ1v) is 3.99. The fourth-order valence-electron chi connectivity index (χ4n) is 1.14. The molecule has 3 heteroatoms. The Hall–Kier alpha value is -0.930. The molecule has 0 unspecified atom stereocenters. The van der Waals surface area contributed by atoms with Gasteiger partial charge in [-0.2, -0.15) is 0 Å². The minimum absolute atomic E-state index is 0.116. The lowest BCUT2D eigenvalue weighted by Crippen LogP contribution is -2.27. The van der Waals surface area contributed by atoms with Crippen molar-refractivity contribution < 1.29 is 4.39 Å². The van der Waals surface area contributed by atoms with Crippen LogP contribution in [0.2, 0.25) is 0 Å². The fourth-order valence-corrected chi connectivity index (χ4v) is 1.14. The van der Waals surface area contributed by atoms with Gasteiger partial charge < -0.3 is 0 Å². The number of nitrogens with one attached hydrogen (secondary N) is 1. The van der Waals surface area contributed by atoms with Crippen molar-refractivity contribution in [1.29, 1.82) is 0 Å². The van der Waals surface area contributed by atoms with E-state index in [9.17, 15) is 4.39 Å². The van der Waals surface area contributed by atoms with Crippen molar-refractivity contribution >= 4 is 0 Å². The van der Waals surface area contributed by atoms with Crippen molar-refractivity contribution in [2.24, 2.45) is 5.84 Å². The molecule has 1 aromatic carbocycles. The molecule has 0 aliphatic carbocycles. The van der Waals surface area contributed by atoms with Crippen LogP contribution in [-0.4, -0.2) is 0 Å². The molecule has 1 atom stereocenters. The summed E-state index contributed by atoms with van der Waals surface area (Å²) in [6, 6.07) is 6.47. The van der Waals surface area contributed by atoms with E-state index in [0.717, 1.165) is 12.0 Å². The van der Waals surface area contributed by atoms with Gasteiger partial charge in [0.1, 0.15) is 5.82 Å². The molecule has 0 aliphatic rings. The number of hydrogen-bond acceptors (Lipinski definition) is 2. The number of hydrogen-bond donors (Lipinski definition) is 2. The highest BCUT2D eigenvalue weighted by atomic mass is 19.1. The van der Waals surface area contributed by atoms with Gasteiger partial charge in [0, 0.05) is 6.04 Å². The van der Waals surface area contributed by atoms with Crippen LogP contribution in [0.1, 0.15) is 24.9 Å². The SMILES string of the molecule is CC[C@@H](NN)c1ccc(F)cc1. The molecule has 0 bridgehead atoms. The maximum absolute atomic E-state index is 12.5. The molecule has 2 nitrogen and oxygen atoms in total. The second-order valence-electron chi connectivity index (χ2n) is 2.68. The molecule has 1 rings (SSSR count). The van der Waals surface area contributed by atoms with E-state index in [0.29, 0.717) is 0 Å². The van der Waals surface area contributed by atoms with Gasteiger partial charge in [-0.1, -0.05) is 19.1 Å². The van der Waals surface area contributed by atoms with Crippen LogP contribution in [0.3, 0.4) is 0 Å². The van der Waals surface area contributed by atoms with E-state index in [4.69, 9.17) is 5.84 Å². The average molecular weight is 168 g/mol. The second kappa shape index (κ2) is 4.18. The number of benzene rings is 1. The molecular formula is C9H13FN2. The van der Waals surface area contributed by atoms with E-state index in [1.807, 2.05) is 6.92 Å². The number of rotatable bonds is 3. The molecular weight excluding hydrogens is 155 g/mol. The van der Waals surface area contributed by atoms with Crippen molar-refractivity contribution in [2.45, 2.75) is 19.4 Å². The zero-order valence-electron chi connectivity index (χ0n) is 7.05. The minimum Gasteiger partial charge on any atom is -0.271 e. The molecule has 0 heterocycles. The van der Waals surface area contributed by atoms with Gasteiger partial charge in [0.2, 0.25) is 0 Å². The summed E-state index contributed by atoms with van der Waals surface area (Å²) >= 11 is 0. The van der Waals surface area contributed by atoms with E-state index < -0.39 is 0 Å².